The number of hydrogen-bond donors (Lipinski definition) is 2. The molecule has 0 aliphatic carbocycles. The standard InChI is InChI=1S/C15H16BrN3O2/c16-9-3-4-13-11(6-9)12(7-14(20)18-13)15(21)19-5-1-2-10(19)8-17/h3-4,6-7,10H,1-2,5,8,17H2,(H,18,20). The summed E-state index contributed by atoms with van der Waals surface area (Å²) >= 11 is 3.41. The van der Waals surface area contributed by atoms with Gasteiger partial charge in [0.25, 0.3) is 5.91 Å². The molecule has 2 aromatic rings. The topological polar surface area (TPSA) is 79.2 Å². The quantitative estimate of drug-likeness (QED) is 0.868. The number of rotatable bonds is 2. The Morgan fingerprint density at radius 2 is 2.24 bits per heavy atom. The third-order valence-corrected chi connectivity index (χ3v) is 4.44. The van der Waals surface area contributed by atoms with Crippen LogP contribution >= 0.6 is 15.9 Å². The lowest BCUT2D eigenvalue weighted by Gasteiger charge is -2.24. The zero-order valence-corrected chi connectivity index (χ0v) is 13.0. The number of benzene rings is 1. The summed E-state index contributed by atoms with van der Waals surface area (Å²) < 4.78 is 0.868. The van der Waals surface area contributed by atoms with Gasteiger partial charge in [0.1, 0.15) is 0 Å². The molecule has 1 amide bonds. The van der Waals surface area contributed by atoms with E-state index < -0.39 is 0 Å². The van der Waals surface area contributed by atoms with Gasteiger partial charge in [-0.1, -0.05) is 15.9 Å². The van der Waals surface area contributed by atoms with Gasteiger partial charge in [0, 0.05) is 40.6 Å². The van der Waals surface area contributed by atoms with Gasteiger partial charge in [0.05, 0.1) is 5.56 Å². The molecule has 1 unspecified atom stereocenters. The lowest BCUT2D eigenvalue weighted by Crippen LogP contribution is -2.40. The maximum Gasteiger partial charge on any atom is 0.255 e. The third kappa shape index (κ3) is 2.61. The molecule has 1 atom stereocenters. The first-order valence-electron chi connectivity index (χ1n) is 6.94. The molecule has 5 nitrogen and oxygen atoms in total. The monoisotopic (exact) mass is 349 g/mol. The van der Waals surface area contributed by atoms with Crippen LogP contribution in [-0.2, 0) is 0 Å². The summed E-state index contributed by atoms with van der Waals surface area (Å²) in [6.07, 6.45) is 1.88. The van der Waals surface area contributed by atoms with Crippen LogP contribution in [0, 0.1) is 0 Å². The largest absolute Gasteiger partial charge is 0.334 e. The molecule has 21 heavy (non-hydrogen) atoms. The van der Waals surface area contributed by atoms with Crippen LogP contribution in [0.2, 0.25) is 0 Å². The molecule has 0 spiro atoms. The van der Waals surface area contributed by atoms with Crippen LogP contribution < -0.4 is 11.3 Å². The Bertz CT molecular complexity index is 756. The number of aromatic nitrogens is 1. The van der Waals surface area contributed by atoms with E-state index in [9.17, 15) is 9.59 Å². The second-order valence-electron chi connectivity index (χ2n) is 5.27. The van der Waals surface area contributed by atoms with Crippen LogP contribution in [-0.4, -0.2) is 34.9 Å². The molecule has 1 aliphatic rings. The number of pyridine rings is 1. The molecule has 3 rings (SSSR count). The van der Waals surface area contributed by atoms with E-state index in [1.807, 2.05) is 12.1 Å². The Balaban J connectivity index is 2.13. The van der Waals surface area contributed by atoms with E-state index in [4.69, 9.17) is 5.73 Å². The van der Waals surface area contributed by atoms with E-state index in [1.54, 1.807) is 11.0 Å². The van der Waals surface area contributed by atoms with Crippen LogP contribution in [0.15, 0.2) is 33.5 Å². The van der Waals surface area contributed by atoms with Crippen molar-refractivity contribution >= 4 is 32.7 Å². The van der Waals surface area contributed by atoms with Crippen molar-refractivity contribution in [3.05, 3.63) is 44.7 Å². The highest BCUT2D eigenvalue weighted by molar-refractivity contribution is 9.10. The van der Waals surface area contributed by atoms with E-state index in [1.165, 1.54) is 6.07 Å². The van der Waals surface area contributed by atoms with Gasteiger partial charge in [-0.3, -0.25) is 9.59 Å². The number of carbonyl (C=O) groups excluding carboxylic acids is 1. The molecular weight excluding hydrogens is 334 g/mol. The zero-order chi connectivity index (χ0) is 15.0. The highest BCUT2D eigenvalue weighted by atomic mass is 79.9. The molecule has 6 heteroatoms. The second kappa shape index (κ2) is 5.61. The summed E-state index contributed by atoms with van der Waals surface area (Å²) in [5.41, 5.74) is 6.58. The molecule has 0 bridgehead atoms. The van der Waals surface area contributed by atoms with Gasteiger partial charge in [-0.2, -0.15) is 0 Å². The summed E-state index contributed by atoms with van der Waals surface area (Å²) in [5.74, 6) is -0.114. The molecular formula is C15H16BrN3O2. The number of carbonyl (C=O) groups is 1. The summed E-state index contributed by atoms with van der Waals surface area (Å²) in [6, 6.07) is 6.93. The SMILES string of the molecule is NCC1CCCN1C(=O)c1cc(=O)[nH]c2ccc(Br)cc12. The number of nitrogens with zero attached hydrogens (tertiary/aromatic N) is 1. The molecule has 3 N–H and O–H groups in total. The van der Waals surface area contributed by atoms with E-state index in [0.29, 0.717) is 24.2 Å². The van der Waals surface area contributed by atoms with Crippen molar-refractivity contribution in [2.45, 2.75) is 18.9 Å². The Morgan fingerprint density at radius 3 is 3.00 bits per heavy atom. The normalized spacial score (nSPS) is 18.4. The molecule has 1 fully saturated rings. The van der Waals surface area contributed by atoms with Crippen molar-refractivity contribution in [3.8, 4) is 0 Å². The van der Waals surface area contributed by atoms with Crippen LogP contribution in [0.5, 0.6) is 0 Å². The van der Waals surface area contributed by atoms with Crippen molar-refractivity contribution in [1.29, 1.82) is 0 Å². The fraction of sp³-hybridized carbons (Fsp3) is 0.333. The van der Waals surface area contributed by atoms with Crippen LogP contribution in [0.3, 0.4) is 0 Å². The number of aromatic amines is 1. The van der Waals surface area contributed by atoms with Gasteiger partial charge < -0.3 is 15.6 Å². The fourth-order valence-corrected chi connectivity index (χ4v) is 3.27. The number of nitrogens with one attached hydrogen (secondary N) is 1. The van der Waals surface area contributed by atoms with Gasteiger partial charge in [-0.15, -0.1) is 0 Å². The smallest absolute Gasteiger partial charge is 0.255 e. The fourth-order valence-electron chi connectivity index (χ4n) is 2.91. The van der Waals surface area contributed by atoms with Gasteiger partial charge in [0.15, 0.2) is 0 Å². The number of likely N-dealkylation sites (tertiary alicyclic amines) is 1. The van der Waals surface area contributed by atoms with Crippen molar-refractivity contribution in [2.75, 3.05) is 13.1 Å². The maximum absolute atomic E-state index is 12.8. The average Bonchev–Trinajstić information content (AvgIpc) is 2.94. The summed E-state index contributed by atoms with van der Waals surface area (Å²) in [6.45, 7) is 1.15. The number of fused-ring (bicyclic) bond motifs is 1. The summed E-state index contributed by atoms with van der Waals surface area (Å²) in [5, 5.41) is 0.747. The minimum atomic E-state index is -0.267. The first-order chi connectivity index (χ1) is 10.1. The molecule has 2 heterocycles. The summed E-state index contributed by atoms with van der Waals surface area (Å²) in [7, 11) is 0. The number of nitrogens with two attached hydrogens (primary N) is 1. The van der Waals surface area contributed by atoms with Gasteiger partial charge in [-0.05, 0) is 31.0 Å². The van der Waals surface area contributed by atoms with Crippen molar-refractivity contribution in [2.24, 2.45) is 5.73 Å². The van der Waals surface area contributed by atoms with E-state index in [-0.39, 0.29) is 17.5 Å². The summed E-state index contributed by atoms with van der Waals surface area (Å²) in [4.78, 5) is 29.1. The molecule has 1 aliphatic heterocycles. The zero-order valence-electron chi connectivity index (χ0n) is 11.4. The maximum atomic E-state index is 12.8. The van der Waals surface area contributed by atoms with E-state index in [0.717, 1.165) is 22.7 Å². The van der Waals surface area contributed by atoms with E-state index in [2.05, 4.69) is 20.9 Å². The van der Waals surface area contributed by atoms with Gasteiger partial charge in [-0.25, -0.2) is 0 Å². The second-order valence-corrected chi connectivity index (χ2v) is 6.18. The third-order valence-electron chi connectivity index (χ3n) is 3.95. The molecule has 0 saturated carbocycles. The average molecular weight is 350 g/mol. The van der Waals surface area contributed by atoms with Crippen LogP contribution in [0.1, 0.15) is 23.2 Å². The predicted molar refractivity (Wildman–Crippen MR) is 85.4 cm³/mol. The van der Waals surface area contributed by atoms with Gasteiger partial charge in [0.2, 0.25) is 5.56 Å². The van der Waals surface area contributed by atoms with Crippen molar-refractivity contribution in [1.82, 2.24) is 9.88 Å². The number of hydrogen-bond acceptors (Lipinski definition) is 3. The number of halogens is 1. The van der Waals surface area contributed by atoms with Crippen molar-refractivity contribution in [3.63, 3.8) is 0 Å². The minimum absolute atomic E-state index is 0.0685. The lowest BCUT2D eigenvalue weighted by atomic mass is 10.1. The van der Waals surface area contributed by atoms with E-state index >= 15 is 0 Å². The predicted octanol–water partition coefficient (Wildman–Crippen LogP) is 1.85. The molecule has 0 radical (unpaired) electrons. The first kappa shape index (κ1) is 14.3. The Labute approximate surface area is 130 Å². The van der Waals surface area contributed by atoms with Crippen LogP contribution in [0.4, 0.5) is 0 Å². The Morgan fingerprint density at radius 1 is 1.43 bits per heavy atom. The van der Waals surface area contributed by atoms with Crippen molar-refractivity contribution < 1.29 is 4.79 Å². The number of H-pyrrole nitrogens is 1. The molecule has 1 aromatic carbocycles. The molecule has 1 aromatic heterocycles. The molecule has 110 valence electrons. The van der Waals surface area contributed by atoms with Gasteiger partial charge >= 0.3 is 0 Å². The highest BCUT2D eigenvalue weighted by Gasteiger charge is 2.29. The Kier molecular flexibility index (Phi) is 3.82. The van der Waals surface area contributed by atoms with Crippen LogP contribution in [0.25, 0.3) is 10.9 Å². The minimum Gasteiger partial charge on any atom is -0.334 e. The molecule has 1 saturated heterocycles. The highest BCUT2D eigenvalue weighted by Crippen LogP contribution is 2.24. The Hall–Kier alpha value is -1.66. The number of amides is 1. The lowest BCUT2D eigenvalue weighted by molar-refractivity contribution is 0.0743. The first-order valence-corrected chi connectivity index (χ1v) is 7.73.